The van der Waals surface area contributed by atoms with Crippen molar-refractivity contribution >= 4 is 11.9 Å². The van der Waals surface area contributed by atoms with Gasteiger partial charge in [0.2, 0.25) is 0 Å². The van der Waals surface area contributed by atoms with Gasteiger partial charge in [0.05, 0.1) is 12.9 Å². The van der Waals surface area contributed by atoms with Crippen LogP contribution in [0.15, 0.2) is 12.7 Å². The molecule has 3 N–H and O–H groups in total. The number of amides is 1. The van der Waals surface area contributed by atoms with E-state index >= 15 is 0 Å². The predicted octanol–water partition coefficient (Wildman–Crippen LogP) is -0.351. The van der Waals surface area contributed by atoms with Crippen LogP contribution in [0.4, 0.5) is 0 Å². The van der Waals surface area contributed by atoms with Crippen LogP contribution in [0.5, 0.6) is 0 Å². The fourth-order valence-corrected chi connectivity index (χ4v) is 1.55. The van der Waals surface area contributed by atoms with Crippen LogP contribution in [0, 0.1) is 0 Å². The Morgan fingerprint density at radius 1 is 1.53 bits per heavy atom. The summed E-state index contributed by atoms with van der Waals surface area (Å²) < 4.78 is 1.77. The van der Waals surface area contributed by atoms with Crippen molar-refractivity contribution in [1.29, 1.82) is 0 Å². The van der Waals surface area contributed by atoms with Gasteiger partial charge in [-0.25, -0.2) is 9.78 Å². The third-order valence-electron chi connectivity index (χ3n) is 2.51. The first-order valence-electron chi connectivity index (χ1n) is 5.55. The van der Waals surface area contributed by atoms with Gasteiger partial charge in [0.1, 0.15) is 6.33 Å². The first-order valence-corrected chi connectivity index (χ1v) is 5.55. The van der Waals surface area contributed by atoms with E-state index in [0.717, 1.165) is 6.33 Å². The van der Waals surface area contributed by atoms with Crippen LogP contribution >= 0.6 is 0 Å². The van der Waals surface area contributed by atoms with E-state index in [-0.39, 0.29) is 17.9 Å². The standard InChI is InChI=1S/C10H12N6O3/c1-2-16-5-14-15-6(16)3-11-9(17)7-8(10(18)19)13-4-12-7/h4-5H,2-3H2,1H3,(H,11,17)(H,12,13)(H,18,19). The van der Waals surface area contributed by atoms with E-state index in [1.807, 2.05) is 6.92 Å². The van der Waals surface area contributed by atoms with Gasteiger partial charge < -0.3 is 20.0 Å². The van der Waals surface area contributed by atoms with Crippen LogP contribution in [-0.2, 0) is 13.1 Å². The van der Waals surface area contributed by atoms with Gasteiger partial charge in [0.15, 0.2) is 17.2 Å². The Hall–Kier alpha value is -2.71. The number of carbonyl (C=O) groups excluding carboxylic acids is 1. The molecule has 19 heavy (non-hydrogen) atoms. The molecule has 0 aliphatic heterocycles. The number of carboxylic acids is 1. The Bertz CT molecular complexity index is 602. The van der Waals surface area contributed by atoms with Gasteiger partial charge in [0.25, 0.3) is 5.91 Å². The number of aryl methyl sites for hydroxylation is 1. The van der Waals surface area contributed by atoms with E-state index in [2.05, 4.69) is 25.5 Å². The normalized spacial score (nSPS) is 10.4. The van der Waals surface area contributed by atoms with E-state index in [0.29, 0.717) is 12.4 Å². The van der Waals surface area contributed by atoms with Crippen LogP contribution in [0.1, 0.15) is 33.7 Å². The number of hydrogen-bond donors (Lipinski definition) is 3. The molecule has 0 unspecified atom stereocenters. The van der Waals surface area contributed by atoms with Crippen molar-refractivity contribution in [2.75, 3.05) is 0 Å². The summed E-state index contributed by atoms with van der Waals surface area (Å²) in [5, 5.41) is 19.0. The summed E-state index contributed by atoms with van der Waals surface area (Å²) >= 11 is 0. The zero-order chi connectivity index (χ0) is 13.8. The van der Waals surface area contributed by atoms with Gasteiger partial charge in [-0.2, -0.15) is 0 Å². The highest BCUT2D eigenvalue weighted by Crippen LogP contribution is 2.03. The Labute approximate surface area is 107 Å². The molecule has 2 aromatic rings. The second kappa shape index (κ2) is 5.29. The van der Waals surface area contributed by atoms with Gasteiger partial charge in [-0.15, -0.1) is 10.2 Å². The average molecular weight is 264 g/mol. The number of nitrogens with one attached hydrogen (secondary N) is 2. The first kappa shape index (κ1) is 12.7. The highest BCUT2D eigenvalue weighted by molar-refractivity contribution is 6.02. The summed E-state index contributed by atoms with van der Waals surface area (Å²) in [6, 6.07) is 0. The lowest BCUT2D eigenvalue weighted by atomic mass is 10.3. The Morgan fingerprint density at radius 2 is 2.32 bits per heavy atom. The van der Waals surface area contributed by atoms with Crippen molar-refractivity contribution in [2.24, 2.45) is 0 Å². The van der Waals surface area contributed by atoms with Crippen molar-refractivity contribution in [3.8, 4) is 0 Å². The molecular weight excluding hydrogens is 252 g/mol. The smallest absolute Gasteiger partial charge is 0.354 e. The molecule has 0 saturated heterocycles. The van der Waals surface area contributed by atoms with Crippen molar-refractivity contribution in [2.45, 2.75) is 20.0 Å². The number of hydrogen-bond acceptors (Lipinski definition) is 5. The summed E-state index contributed by atoms with van der Waals surface area (Å²) in [7, 11) is 0. The van der Waals surface area contributed by atoms with E-state index in [9.17, 15) is 9.59 Å². The molecule has 2 aromatic heterocycles. The lowest BCUT2D eigenvalue weighted by Crippen LogP contribution is -2.26. The maximum Gasteiger partial charge on any atom is 0.354 e. The van der Waals surface area contributed by atoms with Crippen LogP contribution in [0.2, 0.25) is 0 Å². The maximum atomic E-state index is 11.8. The number of rotatable bonds is 5. The molecule has 0 saturated carbocycles. The molecule has 2 heterocycles. The second-order valence-electron chi connectivity index (χ2n) is 3.65. The number of carboxylic acid groups (broad SMARTS) is 1. The average Bonchev–Trinajstić information content (AvgIpc) is 3.04. The van der Waals surface area contributed by atoms with Crippen molar-refractivity contribution in [3.05, 3.63) is 29.9 Å². The minimum absolute atomic E-state index is 0.151. The van der Waals surface area contributed by atoms with E-state index in [1.54, 1.807) is 10.9 Å². The lowest BCUT2D eigenvalue weighted by molar-refractivity contribution is 0.0685. The highest BCUT2D eigenvalue weighted by atomic mass is 16.4. The third-order valence-corrected chi connectivity index (χ3v) is 2.51. The van der Waals surface area contributed by atoms with E-state index in [1.165, 1.54) is 0 Å². The van der Waals surface area contributed by atoms with Gasteiger partial charge in [-0.05, 0) is 6.92 Å². The third kappa shape index (κ3) is 2.59. The van der Waals surface area contributed by atoms with E-state index < -0.39 is 11.9 Å². The molecule has 0 atom stereocenters. The molecular formula is C10H12N6O3. The molecule has 0 radical (unpaired) electrons. The Balaban J connectivity index is 2.06. The minimum Gasteiger partial charge on any atom is -0.477 e. The quantitative estimate of drug-likeness (QED) is 0.677. The molecule has 0 aromatic carbocycles. The van der Waals surface area contributed by atoms with E-state index in [4.69, 9.17) is 5.11 Å². The molecule has 1 amide bonds. The number of aromatic carboxylic acids is 1. The summed E-state index contributed by atoms with van der Waals surface area (Å²) in [4.78, 5) is 28.7. The zero-order valence-electron chi connectivity index (χ0n) is 10.1. The molecule has 0 aliphatic carbocycles. The SMILES string of the molecule is CCn1cnnc1CNC(=O)c1nc[nH]c1C(=O)O. The predicted molar refractivity (Wildman–Crippen MR) is 62.4 cm³/mol. The number of H-pyrrole nitrogens is 1. The number of carbonyl (C=O) groups is 2. The topological polar surface area (TPSA) is 126 Å². The number of imidazole rings is 1. The molecule has 0 aliphatic rings. The zero-order valence-corrected chi connectivity index (χ0v) is 10.1. The largest absolute Gasteiger partial charge is 0.477 e. The molecule has 9 heteroatoms. The van der Waals surface area contributed by atoms with Crippen LogP contribution in [0.25, 0.3) is 0 Å². The maximum absolute atomic E-state index is 11.8. The Kier molecular flexibility index (Phi) is 3.55. The van der Waals surface area contributed by atoms with Gasteiger partial charge in [-0.3, -0.25) is 4.79 Å². The molecule has 100 valence electrons. The van der Waals surface area contributed by atoms with Crippen LogP contribution < -0.4 is 5.32 Å². The molecule has 0 fully saturated rings. The van der Waals surface area contributed by atoms with Crippen LogP contribution in [-0.4, -0.2) is 41.7 Å². The number of aromatic nitrogens is 5. The highest BCUT2D eigenvalue weighted by Gasteiger charge is 2.19. The van der Waals surface area contributed by atoms with Gasteiger partial charge in [-0.1, -0.05) is 0 Å². The molecule has 0 bridgehead atoms. The first-order chi connectivity index (χ1) is 9.13. The minimum atomic E-state index is -1.24. The number of aromatic amines is 1. The monoisotopic (exact) mass is 264 g/mol. The lowest BCUT2D eigenvalue weighted by Gasteiger charge is -2.04. The molecule has 0 spiro atoms. The van der Waals surface area contributed by atoms with Gasteiger partial charge in [0, 0.05) is 6.54 Å². The molecule has 2 rings (SSSR count). The van der Waals surface area contributed by atoms with Crippen molar-refractivity contribution in [1.82, 2.24) is 30.0 Å². The molecule has 9 nitrogen and oxygen atoms in total. The van der Waals surface area contributed by atoms with Gasteiger partial charge >= 0.3 is 5.97 Å². The fourth-order valence-electron chi connectivity index (χ4n) is 1.55. The fraction of sp³-hybridized carbons (Fsp3) is 0.300. The number of nitrogens with zero attached hydrogens (tertiary/aromatic N) is 4. The van der Waals surface area contributed by atoms with Crippen molar-refractivity contribution in [3.63, 3.8) is 0 Å². The summed E-state index contributed by atoms with van der Waals surface area (Å²) in [6.45, 7) is 2.75. The van der Waals surface area contributed by atoms with Crippen LogP contribution in [0.3, 0.4) is 0 Å². The van der Waals surface area contributed by atoms with Crippen molar-refractivity contribution < 1.29 is 14.7 Å². The second-order valence-corrected chi connectivity index (χ2v) is 3.65. The summed E-state index contributed by atoms with van der Waals surface area (Å²) in [6.07, 6.45) is 2.71. The summed E-state index contributed by atoms with van der Waals surface area (Å²) in [5.41, 5.74) is -0.399. The summed E-state index contributed by atoms with van der Waals surface area (Å²) in [5.74, 6) is -1.23. The Morgan fingerprint density at radius 3 is 3.00 bits per heavy atom.